The van der Waals surface area contributed by atoms with Crippen molar-refractivity contribution in [1.29, 1.82) is 0 Å². The van der Waals surface area contributed by atoms with Gasteiger partial charge in [0.1, 0.15) is 5.58 Å². The second-order valence-electron chi connectivity index (χ2n) is 5.15. The average molecular weight is 258 g/mol. The molecule has 1 aliphatic heterocycles. The number of carbonyl (C=O) groups excluding carboxylic acids is 1. The number of para-hydroxylation sites is 1. The van der Waals surface area contributed by atoms with Crippen molar-refractivity contribution in [2.45, 2.75) is 25.3 Å². The van der Waals surface area contributed by atoms with E-state index in [9.17, 15) is 4.79 Å². The predicted octanol–water partition coefficient (Wildman–Crippen LogP) is 1.92. The van der Waals surface area contributed by atoms with Gasteiger partial charge in [0.2, 0.25) is 5.91 Å². The molecule has 1 aromatic heterocycles. The minimum Gasteiger partial charge on any atom is -0.464 e. The third kappa shape index (κ3) is 2.49. The van der Waals surface area contributed by atoms with Gasteiger partial charge in [0.05, 0.1) is 12.7 Å². The maximum absolute atomic E-state index is 12.3. The molecule has 4 heteroatoms. The van der Waals surface area contributed by atoms with Gasteiger partial charge in [0.15, 0.2) is 0 Å². The lowest BCUT2D eigenvalue weighted by Gasteiger charge is -2.30. The summed E-state index contributed by atoms with van der Waals surface area (Å²) in [6.07, 6.45) is 3.90. The molecule has 2 N–H and O–H groups in total. The van der Waals surface area contributed by atoms with Gasteiger partial charge in [-0.25, -0.2) is 0 Å². The zero-order valence-corrected chi connectivity index (χ0v) is 10.8. The fourth-order valence-corrected chi connectivity index (χ4v) is 2.59. The Morgan fingerprint density at radius 1 is 1.32 bits per heavy atom. The molecule has 0 radical (unpaired) electrons. The van der Waals surface area contributed by atoms with Gasteiger partial charge < -0.3 is 15.1 Å². The van der Waals surface area contributed by atoms with E-state index in [2.05, 4.69) is 0 Å². The van der Waals surface area contributed by atoms with Crippen molar-refractivity contribution in [2.75, 3.05) is 13.1 Å². The Morgan fingerprint density at radius 2 is 2.05 bits per heavy atom. The first-order valence-corrected chi connectivity index (χ1v) is 6.72. The highest BCUT2D eigenvalue weighted by Crippen LogP contribution is 2.22. The number of rotatable bonds is 2. The standard InChI is InChI=1S/C15H18N2O2/c16-12-5-7-17(8-6-12)15(18)9-11-10-19-14-4-2-1-3-13(11)14/h1-4,10,12H,5-9,16H2. The molecule has 1 aliphatic rings. The number of likely N-dealkylation sites (tertiary alicyclic amines) is 1. The van der Waals surface area contributed by atoms with Crippen LogP contribution < -0.4 is 5.73 Å². The predicted molar refractivity (Wildman–Crippen MR) is 73.7 cm³/mol. The molecular weight excluding hydrogens is 240 g/mol. The smallest absolute Gasteiger partial charge is 0.227 e. The molecule has 19 heavy (non-hydrogen) atoms. The molecule has 0 aliphatic carbocycles. The number of piperidine rings is 1. The molecule has 0 atom stereocenters. The molecule has 100 valence electrons. The molecule has 1 saturated heterocycles. The highest BCUT2D eigenvalue weighted by atomic mass is 16.3. The Bertz CT molecular complexity index is 583. The van der Waals surface area contributed by atoms with E-state index in [-0.39, 0.29) is 11.9 Å². The summed E-state index contributed by atoms with van der Waals surface area (Å²) in [6, 6.07) is 8.06. The highest BCUT2D eigenvalue weighted by Gasteiger charge is 2.21. The zero-order chi connectivity index (χ0) is 13.2. The molecule has 1 amide bonds. The van der Waals surface area contributed by atoms with Crippen molar-refractivity contribution in [3.05, 3.63) is 36.1 Å². The maximum atomic E-state index is 12.3. The number of benzene rings is 1. The van der Waals surface area contributed by atoms with Crippen LogP contribution in [0.3, 0.4) is 0 Å². The van der Waals surface area contributed by atoms with Gasteiger partial charge in [0.25, 0.3) is 0 Å². The third-order valence-electron chi connectivity index (χ3n) is 3.80. The molecule has 2 aromatic rings. The van der Waals surface area contributed by atoms with Crippen LogP contribution in [-0.2, 0) is 11.2 Å². The first kappa shape index (κ1) is 12.2. The summed E-state index contributed by atoms with van der Waals surface area (Å²) in [4.78, 5) is 14.2. The monoisotopic (exact) mass is 258 g/mol. The molecule has 0 bridgehead atoms. The van der Waals surface area contributed by atoms with E-state index < -0.39 is 0 Å². The molecule has 3 rings (SSSR count). The number of carbonyl (C=O) groups is 1. The molecule has 0 spiro atoms. The lowest BCUT2D eigenvalue weighted by Crippen LogP contribution is -2.43. The van der Waals surface area contributed by atoms with Crippen LogP contribution in [0.25, 0.3) is 11.0 Å². The first-order valence-electron chi connectivity index (χ1n) is 6.72. The van der Waals surface area contributed by atoms with Gasteiger partial charge in [0, 0.05) is 30.1 Å². The van der Waals surface area contributed by atoms with Crippen LogP contribution in [-0.4, -0.2) is 29.9 Å². The summed E-state index contributed by atoms with van der Waals surface area (Å²) in [5, 5.41) is 1.03. The fraction of sp³-hybridized carbons (Fsp3) is 0.400. The summed E-state index contributed by atoms with van der Waals surface area (Å²) in [5.74, 6) is 0.165. The van der Waals surface area contributed by atoms with E-state index in [1.807, 2.05) is 29.2 Å². The normalized spacial score (nSPS) is 17.0. The number of hydrogen-bond donors (Lipinski definition) is 1. The Kier molecular flexibility index (Phi) is 3.25. The minimum atomic E-state index is 0.165. The quantitative estimate of drug-likeness (QED) is 0.895. The van der Waals surface area contributed by atoms with Crippen molar-refractivity contribution in [2.24, 2.45) is 5.73 Å². The van der Waals surface area contributed by atoms with Gasteiger partial charge in [-0.15, -0.1) is 0 Å². The third-order valence-corrected chi connectivity index (χ3v) is 3.80. The van der Waals surface area contributed by atoms with Gasteiger partial charge in [-0.3, -0.25) is 4.79 Å². The van der Waals surface area contributed by atoms with Crippen LogP contribution in [0.2, 0.25) is 0 Å². The number of nitrogens with zero attached hydrogens (tertiary/aromatic N) is 1. The Morgan fingerprint density at radius 3 is 2.84 bits per heavy atom. The number of nitrogens with two attached hydrogens (primary N) is 1. The van der Waals surface area contributed by atoms with E-state index in [0.29, 0.717) is 6.42 Å². The van der Waals surface area contributed by atoms with Crippen molar-refractivity contribution in [1.82, 2.24) is 4.90 Å². The van der Waals surface area contributed by atoms with Crippen molar-refractivity contribution < 1.29 is 9.21 Å². The van der Waals surface area contributed by atoms with Crippen LogP contribution in [0, 0.1) is 0 Å². The van der Waals surface area contributed by atoms with Crippen LogP contribution in [0.5, 0.6) is 0 Å². The Balaban J connectivity index is 1.72. The first-order chi connectivity index (χ1) is 9.24. The Labute approximate surface area is 112 Å². The van der Waals surface area contributed by atoms with Gasteiger partial charge in [-0.1, -0.05) is 18.2 Å². The largest absolute Gasteiger partial charge is 0.464 e. The second kappa shape index (κ2) is 5.05. The molecule has 0 unspecified atom stereocenters. The lowest BCUT2D eigenvalue weighted by atomic mass is 10.0. The van der Waals surface area contributed by atoms with Crippen LogP contribution in [0.4, 0.5) is 0 Å². The molecule has 1 aromatic carbocycles. The van der Waals surface area contributed by atoms with Gasteiger partial charge in [-0.2, -0.15) is 0 Å². The summed E-state index contributed by atoms with van der Waals surface area (Å²) < 4.78 is 5.46. The van der Waals surface area contributed by atoms with Crippen molar-refractivity contribution >= 4 is 16.9 Å². The number of amides is 1. The van der Waals surface area contributed by atoms with Crippen molar-refractivity contribution in [3.8, 4) is 0 Å². The number of hydrogen-bond acceptors (Lipinski definition) is 3. The van der Waals surface area contributed by atoms with Crippen LogP contribution >= 0.6 is 0 Å². The van der Waals surface area contributed by atoms with E-state index in [0.717, 1.165) is 42.5 Å². The minimum absolute atomic E-state index is 0.165. The van der Waals surface area contributed by atoms with E-state index in [1.54, 1.807) is 6.26 Å². The number of fused-ring (bicyclic) bond motifs is 1. The molecular formula is C15H18N2O2. The van der Waals surface area contributed by atoms with E-state index in [1.165, 1.54) is 0 Å². The molecule has 4 nitrogen and oxygen atoms in total. The topological polar surface area (TPSA) is 59.5 Å². The molecule has 0 saturated carbocycles. The highest BCUT2D eigenvalue weighted by molar-refractivity contribution is 5.87. The Hall–Kier alpha value is -1.81. The number of furan rings is 1. The van der Waals surface area contributed by atoms with E-state index >= 15 is 0 Å². The lowest BCUT2D eigenvalue weighted by molar-refractivity contribution is -0.131. The maximum Gasteiger partial charge on any atom is 0.227 e. The van der Waals surface area contributed by atoms with Gasteiger partial charge >= 0.3 is 0 Å². The van der Waals surface area contributed by atoms with Crippen LogP contribution in [0.1, 0.15) is 18.4 Å². The van der Waals surface area contributed by atoms with Crippen molar-refractivity contribution in [3.63, 3.8) is 0 Å². The molecule has 2 heterocycles. The van der Waals surface area contributed by atoms with Gasteiger partial charge in [-0.05, 0) is 18.9 Å². The SMILES string of the molecule is NC1CCN(C(=O)Cc2coc3ccccc23)CC1. The molecule has 1 fully saturated rings. The summed E-state index contributed by atoms with van der Waals surface area (Å²) in [7, 11) is 0. The fourth-order valence-electron chi connectivity index (χ4n) is 2.59. The summed E-state index contributed by atoms with van der Waals surface area (Å²) >= 11 is 0. The summed E-state index contributed by atoms with van der Waals surface area (Å²) in [6.45, 7) is 1.55. The second-order valence-corrected chi connectivity index (χ2v) is 5.15. The summed E-state index contributed by atoms with van der Waals surface area (Å²) in [5.41, 5.74) is 7.66. The van der Waals surface area contributed by atoms with E-state index in [4.69, 9.17) is 10.2 Å². The zero-order valence-electron chi connectivity index (χ0n) is 10.8. The van der Waals surface area contributed by atoms with Crippen LogP contribution in [0.15, 0.2) is 34.9 Å². The average Bonchev–Trinajstić information content (AvgIpc) is 2.83.